The first-order valence-corrected chi connectivity index (χ1v) is 11.9. The van der Waals surface area contributed by atoms with Gasteiger partial charge < -0.3 is 15.4 Å². The molecule has 1 aromatic rings. The Hall–Kier alpha value is -0.980. The molecule has 0 aromatic heterocycles. The van der Waals surface area contributed by atoms with Crippen molar-refractivity contribution in [2.24, 2.45) is 4.99 Å². The molecule has 1 atom stereocenters. The third-order valence-corrected chi connectivity index (χ3v) is 6.93. The van der Waals surface area contributed by atoms with Gasteiger partial charge in [-0.25, -0.2) is 17.5 Å². The summed E-state index contributed by atoms with van der Waals surface area (Å²) < 4.78 is 46.7. The van der Waals surface area contributed by atoms with Gasteiger partial charge in [-0.05, 0) is 43.7 Å². The van der Waals surface area contributed by atoms with E-state index in [0.29, 0.717) is 25.7 Å². The number of halogens is 2. The summed E-state index contributed by atoms with van der Waals surface area (Å²) in [6.45, 7) is 1.80. The van der Waals surface area contributed by atoms with E-state index in [0.717, 1.165) is 37.7 Å². The zero-order chi connectivity index (χ0) is 20.7. The van der Waals surface area contributed by atoms with Gasteiger partial charge in [0.15, 0.2) is 5.96 Å². The minimum Gasteiger partial charge on any atom is -0.377 e. The number of rotatable bonds is 9. The third-order valence-electron chi connectivity index (χ3n) is 5.58. The van der Waals surface area contributed by atoms with Crippen molar-refractivity contribution >= 4 is 40.0 Å². The number of guanidine groups is 1. The van der Waals surface area contributed by atoms with Gasteiger partial charge in [-0.15, -0.1) is 24.0 Å². The average Bonchev–Trinajstić information content (AvgIpc) is 3.51. The van der Waals surface area contributed by atoms with Gasteiger partial charge >= 0.3 is 0 Å². The molecular weight excluding hydrogens is 522 g/mol. The fraction of sp³-hybridized carbons (Fsp3) is 0.650. The quantitative estimate of drug-likeness (QED) is 0.247. The van der Waals surface area contributed by atoms with Crippen LogP contribution in [0, 0.1) is 5.82 Å². The summed E-state index contributed by atoms with van der Waals surface area (Å²) in [6.07, 6.45) is 4.80. The summed E-state index contributed by atoms with van der Waals surface area (Å²) in [5, 5.41) is 6.23. The second-order valence-electron chi connectivity index (χ2n) is 7.77. The van der Waals surface area contributed by atoms with E-state index in [-0.39, 0.29) is 53.6 Å². The Bertz CT molecular complexity index is 812. The molecule has 30 heavy (non-hydrogen) atoms. The van der Waals surface area contributed by atoms with Crippen LogP contribution < -0.4 is 15.4 Å². The predicted octanol–water partition coefficient (Wildman–Crippen LogP) is 2.13. The second-order valence-corrected chi connectivity index (χ2v) is 9.70. The van der Waals surface area contributed by atoms with Crippen LogP contribution in [0.3, 0.4) is 0 Å². The summed E-state index contributed by atoms with van der Waals surface area (Å²) in [6, 6.07) is 6.85. The predicted molar refractivity (Wildman–Crippen MR) is 127 cm³/mol. The molecule has 0 spiro atoms. The summed E-state index contributed by atoms with van der Waals surface area (Å²) in [5.74, 6) is 0.270. The van der Waals surface area contributed by atoms with Crippen molar-refractivity contribution in [3.63, 3.8) is 0 Å². The van der Waals surface area contributed by atoms with Crippen LogP contribution >= 0.6 is 24.0 Å². The fourth-order valence-corrected chi connectivity index (χ4v) is 4.58. The molecule has 1 unspecified atom stereocenters. The number of hydrogen-bond acceptors (Lipinski definition) is 4. The summed E-state index contributed by atoms with van der Waals surface area (Å²) >= 11 is 0. The van der Waals surface area contributed by atoms with Crippen LogP contribution in [0.2, 0.25) is 0 Å². The van der Waals surface area contributed by atoms with E-state index in [4.69, 9.17) is 4.74 Å². The number of ether oxygens (including phenoxy) is 1. The largest absolute Gasteiger partial charge is 0.377 e. The van der Waals surface area contributed by atoms with Crippen molar-refractivity contribution in [3.05, 3.63) is 35.6 Å². The van der Waals surface area contributed by atoms with Crippen LogP contribution in [0.15, 0.2) is 29.3 Å². The van der Waals surface area contributed by atoms with Gasteiger partial charge in [0, 0.05) is 38.7 Å². The first kappa shape index (κ1) is 25.3. The number of nitrogens with zero attached hydrogens (tertiary/aromatic N) is 1. The lowest BCUT2D eigenvalue weighted by molar-refractivity contribution is 0.0200. The van der Waals surface area contributed by atoms with Crippen molar-refractivity contribution in [2.75, 3.05) is 39.0 Å². The molecule has 1 heterocycles. The van der Waals surface area contributed by atoms with Crippen LogP contribution in [-0.4, -0.2) is 59.5 Å². The van der Waals surface area contributed by atoms with E-state index in [1.165, 1.54) is 6.07 Å². The molecule has 0 amide bonds. The highest BCUT2D eigenvalue weighted by molar-refractivity contribution is 14.0. The molecular formula is C20H32FIN4O3S. The maximum absolute atomic E-state index is 14.1. The number of hydrogen-bond donors (Lipinski definition) is 3. The zero-order valence-electron chi connectivity index (χ0n) is 17.3. The molecule has 170 valence electrons. The minimum atomic E-state index is -3.39. The maximum Gasteiger partial charge on any atom is 0.213 e. The van der Waals surface area contributed by atoms with Crippen LogP contribution in [0.5, 0.6) is 0 Å². The van der Waals surface area contributed by atoms with Crippen LogP contribution in [-0.2, 0) is 20.2 Å². The summed E-state index contributed by atoms with van der Waals surface area (Å²) in [7, 11) is -1.76. The number of benzene rings is 1. The average molecular weight is 554 g/mol. The van der Waals surface area contributed by atoms with Crippen molar-refractivity contribution in [3.8, 4) is 0 Å². The second kappa shape index (κ2) is 11.6. The van der Waals surface area contributed by atoms with Gasteiger partial charge in [-0.2, -0.15) is 0 Å². The summed E-state index contributed by atoms with van der Waals surface area (Å²) in [5.41, 5.74) is 0.510. The summed E-state index contributed by atoms with van der Waals surface area (Å²) in [4.78, 5) is 4.14. The standard InChI is InChI=1S/C20H31FN4O3S.HI/c1-22-19(24-15-20(9-10-20)17-7-2-3-8-18(17)21)23-11-13-29(26,27)25-14-16-6-4-5-12-28-16;/h2-3,7-8,16,25H,4-6,9-15H2,1H3,(H2,22,23,24);1H. The molecule has 7 nitrogen and oxygen atoms in total. The topological polar surface area (TPSA) is 91.8 Å². The highest BCUT2D eigenvalue weighted by Gasteiger charge is 2.45. The van der Waals surface area contributed by atoms with Gasteiger partial charge in [-0.1, -0.05) is 18.2 Å². The molecule has 1 saturated carbocycles. The molecule has 3 rings (SSSR count). The molecule has 1 saturated heterocycles. The SMILES string of the molecule is CN=C(NCCS(=O)(=O)NCC1CCCCO1)NCC1(c2ccccc2F)CC1.I. The lowest BCUT2D eigenvalue weighted by atomic mass is 9.95. The van der Waals surface area contributed by atoms with Gasteiger partial charge in [0.1, 0.15) is 5.82 Å². The number of sulfonamides is 1. The molecule has 2 aliphatic rings. The molecule has 1 aliphatic heterocycles. The Morgan fingerprint density at radius 3 is 2.67 bits per heavy atom. The van der Waals surface area contributed by atoms with E-state index < -0.39 is 10.0 Å². The van der Waals surface area contributed by atoms with Crippen molar-refractivity contribution in [2.45, 2.75) is 43.6 Å². The maximum atomic E-state index is 14.1. The van der Waals surface area contributed by atoms with Crippen molar-refractivity contribution in [1.29, 1.82) is 0 Å². The van der Waals surface area contributed by atoms with Crippen LogP contribution in [0.4, 0.5) is 4.39 Å². The Kier molecular flexibility index (Phi) is 9.76. The molecule has 1 aliphatic carbocycles. The molecule has 10 heteroatoms. The van der Waals surface area contributed by atoms with E-state index in [9.17, 15) is 12.8 Å². The number of nitrogens with one attached hydrogen (secondary N) is 3. The van der Waals surface area contributed by atoms with E-state index in [1.54, 1.807) is 13.1 Å². The zero-order valence-corrected chi connectivity index (χ0v) is 20.5. The first-order valence-electron chi connectivity index (χ1n) is 10.2. The van der Waals surface area contributed by atoms with Crippen molar-refractivity contribution in [1.82, 2.24) is 15.4 Å². The molecule has 1 aromatic carbocycles. The van der Waals surface area contributed by atoms with E-state index >= 15 is 0 Å². The highest BCUT2D eigenvalue weighted by atomic mass is 127. The van der Waals surface area contributed by atoms with Crippen LogP contribution in [0.1, 0.15) is 37.7 Å². The van der Waals surface area contributed by atoms with Gasteiger partial charge in [-0.3, -0.25) is 4.99 Å². The van der Waals surface area contributed by atoms with Gasteiger partial charge in [0.2, 0.25) is 10.0 Å². The smallest absolute Gasteiger partial charge is 0.213 e. The molecule has 2 fully saturated rings. The molecule has 3 N–H and O–H groups in total. The Labute approximate surface area is 195 Å². The lowest BCUT2D eigenvalue weighted by Crippen LogP contribution is -2.44. The molecule has 0 bridgehead atoms. The Balaban J connectivity index is 0.00000320. The van der Waals surface area contributed by atoms with Crippen LogP contribution in [0.25, 0.3) is 0 Å². The highest BCUT2D eigenvalue weighted by Crippen LogP contribution is 2.48. The first-order chi connectivity index (χ1) is 13.9. The normalized spacial score (nSPS) is 20.9. The monoisotopic (exact) mass is 554 g/mol. The van der Waals surface area contributed by atoms with Gasteiger partial charge in [0.25, 0.3) is 0 Å². The number of aliphatic imine (C=N–C) groups is 1. The lowest BCUT2D eigenvalue weighted by Gasteiger charge is -2.22. The molecule has 0 radical (unpaired) electrons. The van der Waals surface area contributed by atoms with E-state index in [2.05, 4.69) is 20.3 Å². The van der Waals surface area contributed by atoms with Crippen molar-refractivity contribution < 1.29 is 17.5 Å². The fourth-order valence-electron chi connectivity index (χ4n) is 3.62. The minimum absolute atomic E-state index is 0. The third kappa shape index (κ3) is 7.31. The van der Waals surface area contributed by atoms with E-state index in [1.807, 2.05) is 12.1 Å². The Morgan fingerprint density at radius 1 is 1.27 bits per heavy atom. The Morgan fingerprint density at radius 2 is 2.03 bits per heavy atom. The van der Waals surface area contributed by atoms with Gasteiger partial charge in [0.05, 0.1) is 11.9 Å².